The lowest BCUT2D eigenvalue weighted by atomic mass is 10.0. The van der Waals surface area contributed by atoms with Gasteiger partial charge in [0, 0.05) is 25.2 Å². The Kier molecular flexibility index (Phi) is 5.42. The number of pyridine rings is 1. The van der Waals surface area contributed by atoms with Crippen LogP contribution in [0.4, 0.5) is 5.69 Å². The molecule has 0 fully saturated rings. The summed E-state index contributed by atoms with van der Waals surface area (Å²) in [4.78, 5) is 43.4. The van der Waals surface area contributed by atoms with E-state index >= 15 is 0 Å². The molecule has 8 heteroatoms. The summed E-state index contributed by atoms with van der Waals surface area (Å²) in [6, 6.07) is 7.28. The van der Waals surface area contributed by atoms with E-state index in [-0.39, 0.29) is 22.9 Å². The van der Waals surface area contributed by atoms with Crippen LogP contribution in [-0.4, -0.2) is 26.3 Å². The number of anilines is 1. The van der Waals surface area contributed by atoms with E-state index in [2.05, 4.69) is 10.3 Å². The number of rotatable bonds is 4. The number of aromatic nitrogens is 3. The van der Waals surface area contributed by atoms with Crippen molar-refractivity contribution in [2.45, 2.75) is 24.7 Å². The van der Waals surface area contributed by atoms with Crippen LogP contribution in [0.2, 0.25) is 0 Å². The molecule has 0 saturated carbocycles. The summed E-state index contributed by atoms with van der Waals surface area (Å²) in [5.41, 5.74) is 0.950. The molecule has 0 saturated heterocycles. The van der Waals surface area contributed by atoms with Crippen LogP contribution in [0.5, 0.6) is 0 Å². The fourth-order valence-electron chi connectivity index (χ4n) is 3.13. The minimum atomic E-state index is -0.485. The largest absolute Gasteiger partial charge is 0.332 e. The SMILES string of the molecule is CSc1ccccc1C(=O)Nc1c(C(C)C)cnc2c1c(=O)n(C)c(=O)n2C. The van der Waals surface area contributed by atoms with E-state index in [0.29, 0.717) is 11.3 Å². The molecule has 3 rings (SSSR count). The summed E-state index contributed by atoms with van der Waals surface area (Å²) in [7, 11) is 2.97. The molecule has 1 aromatic carbocycles. The summed E-state index contributed by atoms with van der Waals surface area (Å²) in [6.07, 6.45) is 3.51. The Bertz CT molecular complexity index is 1190. The first kappa shape index (κ1) is 19.9. The van der Waals surface area contributed by atoms with Gasteiger partial charge in [-0.2, -0.15) is 0 Å². The third-order valence-corrected chi connectivity index (χ3v) is 5.51. The molecule has 0 spiro atoms. The van der Waals surface area contributed by atoms with Crippen molar-refractivity contribution in [2.75, 3.05) is 11.6 Å². The smallest absolute Gasteiger partial charge is 0.321 e. The lowest BCUT2D eigenvalue weighted by Crippen LogP contribution is -2.38. The highest BCUT2D eigenvalue weighted by Crippen LogP contribution is 2.30. The average molecular weight is 398 g/mol. The molecule has 0 radical (unpaired) electrons. The molecule has 0 bridgehead atoms. The van der Waals surface area contributed by atoms with E-state index in [1.54, 1.807) is 25.4 Å². The predicted molar refractivity (Wildman–Crippen MR) is 112 cm³/mol. The lowest BCUT2D eigenvalue weighted by Gasteiger charge is -2.18. The van der Waals surface area contributed by atoms with Gasteiger partial charge >= 0.3 is 5.69 Å². The molecular formula is C20H22N4O3S. The number of carbonyl (C=O) groups is 1. The van der Waals surface area contributed by atoms with Crippen molar-refractivity contribution >= 4 is 34.4 Å². The molecule has 0 atom stereocenters. The van der Waals surface area contributed by atoms with Crippen LogP contribution in [0.15, 0.2) is 44.9 Å². The summed E-state index contributed by atoms with van der Waals surface area (Å²) < 4.78 is 2.34. The number of benzene rings is 1. The number of nitrogens with one attached hydrogen (secondary N) is 1. The average Bonchev–Trinajstić information content (AvgIpc) is 2.69. The Morgan fingerprint density at radius 3 is 2.46 bits per heavy atom. The number of hydrogen-bond acceptors (Lipinski definition) is 5. The fraction of sp³-hybridized carbons (Fsp3) is 0.300. The standard InChI is InChI=1S/C20H22N4O3S/c1-11(2)13-10-21-17-15(19(26)24(4)20(27)23(17)3)16(13)22-18(25)12-8-6-7-9-14(12)28-5/h6-11H,1-5H3,(H,21,22,25). The second-order valence-corrected chi connectivity index (χ2v) is 7.65. The Morgan fingerprint density at radius 1 is 1.14 bits per heavy atom. The topological polar surface area (TPSA) is 86.0 Å². The van der Waals surface area contributed by atoms with E-state index in [4.69, 9.17) is 0 Å². The number of hydrogen-bond donors (Lipinski definition) is 1. The van der Waals surface area contributed by atoms with Crippen LogP contribution in [0.25, 0.3) is 11.0 Å². The minimum Gasteiger partial charge on any atom is -0.321 e. The van der Waals surface area contributed by atoms with Crippen LogP contribution in [-0.2, 0) is 14.1 Å². The summed E-state index contributed by atoms with van der Waals surface area (Å²) >= 11 is 1.47. The van der Waals surface area contributed by atoms with Gasteiger partial charge in [0.2, 0.25) is 0 Å². The lowest BCUT2D eigenvalue weighted by molar-refractivity contribution is 0.102. The molecule has 7 nitrogen and oxygen atoms in total. The van der Waals surface area contributed by atoms with Gasteiger partial charge in [-0.15, -0.1) is 11.8 Å². The predicted octanol–water partition coefficient (Wildman–Crippen LogP) is 2.73. The highest BCUT2D eigenvalue weighted by molar-refractivity contribution is 7.98. The highest BCUT2D eigenvalue weighted by atomic mass is 32.2. The first-order valence-corrected chi connectivity index (χ1v) is 10.0. The summed E-state index contributed by atoms with van der Waals surface area (Å²) in [5, 5.41) is 3.15. The number of thioether (sulfide) groups is 1. The molecule has 0 aliphatic carbocycles. The fourth-order valence-corrected chi connectivity index (χ4v) is 3.72. The van der Waals surface area contributed by atoms with Crippen molar-refractivity contribution in [1.82, 2.24) is 14.1 Å². The first-order valence-electron chi connectivity index (χ1n) is 8.80. The molecule has 0 aliphatic heterocycles. The van der Waals surface area contributed by atoms with Crippen LogP contribution in [0, 0.1) is 0 Å². The van der Waals surface area contributed by atoms with Crippen LogP contribution in [0.3, 0.4) is 0 Å². The molecule has 0 unspecified atom stereocenters. The maximum Gasteiger partial charge on any atom is 0.332 e. The number of carbonyl (C=O) groups excluding carboxylic acids is 1. The normalized spacial score (nSPS) is 11.2. The number of aryl methyl sites for hydroxylation is 1. The summed E-state index contributed by atoms with van der Waals surface area (Å²) in [6.45, 7) is 3.92. The van der Waals surface area contributed by atoms with Gasteiger partial charge in [-0.25, -0.2) is 9.78 Å². The molecule has 2 aromatic heterocycles. The number of nitrogens with zero attached hydrogens (tertiary/aromatic N) is 3. The minimum absolute atomic E-state index is 0.0185. The molecule has 146 valence electrons. The van der Waals surface area contributed by atoms with E-state index < -0.39 is 11.2 Å². The van der Waals surface area contributed by atoms with Crippen molar-refractivity contribution in [2.24, 2.45) is 14.1 Å². The molecular weight excluding hydrogens is 376 g/mol. The van der Waals surface area contributed by atoms with Gasteiger partial charge in [0.25, 0.3) is 11.5 Å². The van der Waals surface area contributed by atoms with E-state index in [1.807, 2.05) is 32.2 Å². The van der Waals surface area contributed by atoms with E-state index in [9.17, 15) is 14.4 Å². The Morgan fingerprint density at radius 2 is 1.82 bits per heavy atom. The second kappa shape index (κ2) is 7.63. The van der Waals surface area contributed by atoms with Crippen molar-refractivity contribution in [3.05, 3.63) is 62.4 Å². The Balaban J connectivity index is 2.29. The van der Waals surface area contributed by atoms with E-state index in [0.717, 1.165) is 15.0 Å². The summed E-state index contributed by atoms with van der Waals surface area (Å²) in [5.74, 6) is -0.291. The molecule has 28 heavy (non-hydrogen) atoms. The Labute approximate surface area is 166 Å². The zero-order valence-electron chi connectivity index (χ0n) is 16.4. The van der Waals surface area contributed by atoms with Crippen LogP contribution in [0.1, 0.15) is 35.7 Å². The van der Waals surface area contributed by atoms with Crippen molar-refractivity contribution < 1.29 is 4.79 Å². The zero-order valence-corrected chi connectivity index (χ0v) is 17.3. The molecule has 2 heterocycles. The molecule has 0 aliphatic rings. The van der Waals surface area contributed by atoms with Gasteiger partial charge in [0.15, 0.2) is 5.65 Å². The van der Waals surface area contributed by atoms with Gasteiger partial charge in [0.1, 0.15) is 5.39 Å². The molecule has 3 aromatic rings. The molecule has 1 amide bonds. The van der Waals surface area contributed by atoms with Crippen LogP contribution >= 0.6 is 11.8 Å². The third kappa shape index (κ3) is 3.24. The first-order chi connectivity index (χ1) is 13.3. The van der Waals surface area contributed by atoms with Crippen molar-refractivity contribution in [3.63, 3.8) is 0 Å². The van der Waals surface area contributed by atoms with E-state index in [1.165, 1.54) is 23.4 Å². The van der Waals surface area contributed by atoms with Gasteiger partial charge in [-0.3, -0.25) is 18.7 Å². The number of amides is 1. The van der Waals surface area contributed by atoms with Crippen LogP contribution < -0.4 is 16.6 Å². The monoisotopic (exact) mass is 398 g/mol. The highest BCUT2D eigenvalue weighted by Gasteiger charge is 2.21. The van der Waals surface area contributed by atoms with Crippen molar-refractivity contribution in [3.8, 4) is 0 Å². The van der Waals surface area contributed by atoms with Gasteiger partial charge in [0.05, 0.1) is 11.3 Å². The maximum absolute atomic E-state index is 13.0. The Hall–Kier alpha value is -2.87. The third-order valence-electron chi connectivity index (χ3n) is 4.71. The van der Waals surface area contributed by atoms with Gasteiger partial charge < -0.3 is 5.32 Å². The quantitative estimate of drug-likeness (QED) is 0.683. The zero-order chi connectivity index (χ0) is 20.6. The molecule has 1 N–H and O–H groups in total. The number of fused-ring (bicyclic) bond motifs is 1. The maximum atomic E-state index is 13.0. The van der Waals surface area contributed by atoms with Crippen molar-refractivity contribution in [1.29, 1.82) is 0 Å². The second-order valence-electron chi connectivity index (χ2n) is 6.80. The van der Waals surface area contributed by atoms with Gasteiger partial charge in [-0.1, -0.05) is 26.0 Å². The van der Waals surface area contributed by atoms with Gasteiger partial charge in [-0.05, 0) is 29.9 Å².